The van der Waals surface area contributed by atoms with E-state index in [2.05, 4.69) is 10.1 Å². The molecule has 1 amide bonds. The molecule has 3 aromatic rings. The maximum absolute atomic E-state index is 14.2. The summed E-state index contributed by atoms with van der Waals surface area (Å²) >= 11 is 0. The fraction of sp³-hybridized carbons (Fsp3) is 0.227. The summed E-state index contributed by atoms with van der Waals surface area (Å²) < 4.78 is 14.2. The molecule has 0 fully saturated rings. The molecule has 0 unspecified atom stereocenters. The van der Waals surface area contributed by atoms with Gasteiger partial charge >= 0.3 is 0 Å². The number of nitrogens with zero attached hydrogens (tertiary/aromatic N) is 3. The first-order chi connectivity index (χ1) is 14.0. The van der Waals surface area contributed by atoms with E-state index in [-0.39, 0.29) is 23.8 Å². The van der Waals surface area contributed by atoms with Crippen molar-refractivity contribution in [2.45, 2.75) is 19.4 Å². The molecule has 0 bridgehead atoms. The highest BCUT2D eigenvalue weighted by atomic mass is 19.1. The Labute approximate surface area is 166 Å². The molecular formula is C22H19FN4O2. The SMILES string of the molecule is CN1N=CCc2c1c1ccc(C(=O)N3CCc4cccc(F)c4C3)cc1[nH]c2=O. The Morgan fingerprint density at radius 3 is 2.93 bits per heavy atom. The number of benzene rings is 2. The fourth-order valence-electron chi connectivity index (χ4n) is 4.22. The van der Waals surface area contributed by atoms with Crippen LogP contribution in [0.1, 0.15) is 27.0 Å². The van der Waals surface area contributed by atoms with Crippen LogP contribution in [0.25, 0.3) is 10.9 Å². The van der Waals surface area contributed by atoms with Gasteiger partial charge in [-0.3, -0.25) is 14.6 Å². The first kappa shape index (κ1) is 17.6. The van der Waals surface area contributed by atoms with Crippen LogP contribution in [0.15, 0.2) is 46.3 Å². The molecule has 6 nitrogen and oxygen atoms in total. The minimum absolute atomic E-state index is 0.175. The number of carbonyl (C=O) groups is 1. The molecule has 0 atom stereocenters. The van der Waals surface area contributed by atoms with Gasteiger partial charge in [0.2, 0.25) is 0 Å². The molecule has 7 heteroatoms. The van der Waals surface area contributed by atoms with Crippen molar-refractivity contribution in [3.63, 3.8) is 0 Å². The number of hydrazone groups is 1. The van der Waals surface area contributed by atoms with Crippen LogP contribution < -0.4 is 10.6 Å². The number of aromatic amines is 1. The topological polar surface area (TPSA) is 68.8 Å². The second kappa shape index (κ2) is 6.55. The van der Waals surface area contributed by atoms with E-state index in [1.807, 2.05) is 12.1 Å². The molecule has 2 aliphatic heterocycles. The molecule has 2 aliphatic rings. The summed E-state index contributed by atoms with van der Waals surface area (Å²) in [4.78, 5) is 30.1. The Morgan fingerprint density at radius 1 is 1.21 bits per heavy atom. The maximum atomic E-state index is 14.2. The van der Waals surface area contributed by atoms with Crippen LogP contribution in [0, 0.1) is 5.82 Å². The number of hydrogen-bond donors (Lipinski definition) is 1. The van der Waals surface area contributed by atoms with Crippen molar-refractivity contribution in [1.82, 2.24) is 9.88 Å². The van der Waals surface area contributed by atoms with Gasteiger partial charge in [0.05, 0.1) is 11.2 Å². The summed E-state index contributed by atoms with van der Waals surface area (Å²) in [6.45, 7) is 0.780. The van der Waals surface area contributed by atoms with E-state index in [0.29, 0.717) is 41.6 Å². The third kappa shape index (κ3) is 2.81. The van der Waals surface area contributed by atoms with Crippen LogP contribution in [0.4, 0.5) is 10.1 Å². The summed E-state index contributed by atoms with van der Waals surface area (Å²) in [5.74, 6) is -0.455. The highest BCUT2D eigenvalue weighted by Crippen LogP contribution is 2.30. The normalized spacial score (nSPS) is 15.4. The molecule has 1 aromatic heterocycles. The molecule has 0 aliphatic carbocycles. The summed E-state index contributed by atoms with van der Waals surface area (Å²) in [6, 6.07) is 10.3. The quantitative estimate of drug-likeness (QED) is 0.695. The van der Waals surface area contributed by atoms with Gasteiger partial charge in [-0.2, -0.15) is 5.10 Å². The highest BCUT2D eigenvalue weighted by Gasteiger charge is 2.25. The minimum Gasteiger partial charge on any atom is -0.334 e. The molecule has 146 valence electrons. The number of amides is 1. The van der Waals surface area contributed by atoms with Gasteiger partial charge in [0.1, 0.15) is 5.82 Å². The Kier molecular flexibility index (Phi) is 3.97. The lowest BCUT2D eigenvalue weighted by Gasteiger charge is -2.29. The Bertz CT molecular complexity index is 1250. The van der Waals surface area contributed by atoms with Crippen molar-refractivity contribution in [3.05, 3.63) is 74.8 Å². The fourth-order valence-corrected chi connectivity index (χ4v) is 4.22. The van der Waals surface area contributed by atoms with Crippen LogP contribution in [-0.4, -0.2) is 35.6 Å². The standard InChI is InChI=1S/C22H19FN4O2/c1-26-20-15-6-5-14(11-19(15)25-21(28)16(20)7-9-24-26)22(29)27-10-8-13-3-2-4-18(23)17(13)12-27/h2-6,9,11H,7-8,10,12H2,1H3,(H,25,28). The third-order valence-corrected chi connectivity index (χ3v) is 5.71. The van der Waals surface area contributed by atoms with E-state index in [9.17, 15) is 14.0 Å². The van der Waals surface area contributed by atoms with Crippen molar-refractivity contribution in [3.8, 4) is 0 Å². The molecule has 0 saturated heterocycles. The number of nitrogens with one attached hydrogen (secondary N) is 1. The van der Waals surface area contributed by atoms with Gasteiger partial charge in [0.25, 0.3) is 11.5 Å². The van der Waals surface area contributed by atoms with Crippen molar-refractivity contribution in [2.24, 2.45) is 5.10 Å². The van der Waals surface area contributed by atoms with E-state index in [0.717, 1.165) is 16.6 Å². The largest absolute Gasteiger partial charge is 0.334 e. The molecule has 5 rings (SSSR count). The number of halogens is 1. The monoisotopic (exact) mass is 390 g/mol. The average Bonchev–Trinajstić information content (AvgIpc) is 2.73. The lowest BCUT2D eigenvalue weighted by Crippen LogP contribution is -2.36. The molecule has 0 saturated carbocycles. The lowest BCUT2D eigenvalue weighted by atomic mass is 9.98. The Balaban J connectivity index is 1.52. The van der Waals surface area contributed by atoms with Crippen molar-refractivity contribution >= 4 is 28.7 Å². The first-order valence-electron chi connectivity index (χ1n) is 9.53. The minimum atomic E-state index is -0.280. The Morgan fingerprint density at radius 2 is 2.07 bits per heavy atom. The summed E-state index contributed by atoms with van der Waals surface area (Å²) in [7, 11) is 1.80. The number of carbonyl (C=O) groups excluding carboxylic acids is 1. The van der Waals surface area contributed by atoms with E-state index >= 15 is 0 Å². The number of aromatic nitrogens is 1. The molecule has 29 heavy (non-hydrogen) atoms. The van der Waals surface area contributed by atoms with Gasteiger partial charge in [-0.25, -0.2) is 4.39 Å². The van der Waals surface area contributed by atoms with Crippen molar-refractivity contribution in [2.75, 3.05) is 18.6 Å². The van der Waals surface area contributed by atoms with Crippen LogP contribution in [0.5, 0.6) is 0 Å². The Hall–Kier alpha value is -3.48. The number of anilines is 1. The predicted octanol–water partition coefficient (Wildman–Crippen LogP) is 2.84. The molecule has 2 aromatic carbocycles. The van der Waals surface area contributed by atoms with E-state index in [1.165, 1.54) is 6.07 Å². The highest BCUT2D eigenvalue weighted by molar-refractivity contribution is 6.01. The first-order valence-corrected chi connectivity index (χ1v) is 9.53. The van der Waals surface area contributed by atoms with Crippen molar-refractivity contribution < 1.29 is 9.18 Å². The average molecular weight is 390 g/mol. The van der Waals surface area contributed by atoms with Crippen LogP contribution in [0.2, 0.25) is 0 Å². The lowest BCUT2D eigenvalue weighted by molar-refractivity contribution is 0.0732. The number of hydrogen-bond acceptors (Lipinski definition) is 4. The van der Waals surface area contributed by atoms with Crippen molar-refractivity contribution in [1.29, 1.82) is 0 Å². The zero-order chi connectivity index (χ0) is 20.1. The molecule has 0 radical (unpaired) electrons. The van der Waals surface area contributed by atoms with Gasteiger partial charge in [-0.1, -0.05) is 12.1 Å². The van der Waals surface area contributed by atoms with Crippen LogP contribution in [0.3, 0.4) is 0 Å². The number of fused-ring (bicyclic) bond motifs is 4. The van der Waals surface area contributed by atoms with Gasteiger partial charge < -0.3 is 9.88 Å². The van der Waals surface area contributed by atoms with E-state index in [4.69, 9.17) is 0 Å². The number of H-pyrrole nitrogens is 1. The van der Waals surface area contributed by atoms with E-state index < -0.39 is 0 Å². The van der Waals surface area contributed by atoms with Gasteiger partial charge in [-0.15, -0.1) is 0 Å². The number of pyridine rings is 1. The van der Waals surface area contributed by atoms with E-state index in [1.54, 1.807) is 41.4 Å². The summed E-state index contributed by atoms with van der Waals surface area (Å²) in [5, 5.41) is 6.79. The number of rotatable bonds is 1. The molecule has 0 spiro atoms. The second-order valence-corrected chi connectivity index (χ2v) is 7.42. The smallest absolute Gasteiger partial charge is 0.254 e. The molecule has 3 heterocycles. The third-order valence-electron chi connectivity index (χ3n) is 5.71. The predicted molar refractivity (Wildman–Crippen MR) is 110 cm³/mol. The van der Waals surface area contributed by atoms with Gasteiger partial charge in [0.15, 0.2) is 0 Å². The second-order valence-electron chi connectivity index (χ2n) is 7.42. The van der Waals surface area contributed by atoms with Crippen LogP contribution in [-0.2, 0) is 19.4 Å². The van der Waals surface area contributed by atoms with Gasteiger partial charge in [0, 0.05) is 54.8 Å². The molecule has 1 N–H and O–H groups in total. The van der Waals surface area contributed by atoms with Crippen LogP contribution >= 0.6 is 0 Å². The molecular weight excluding hydrogens is 371 g/mol. The zero-order valence-corrected chi connectivity index (χ0v) is 15.9. The summed E-state index contributed by atoms with van der Waals surface area (Å²) in [5.41, 5.74) is 3.84. The van der Waals surface area contributed by atoms with Gasteiger partial charge in [-0.05, 0) is 36.2 Å². The maximum Gasteiger partial charge on any atom is 0.254 e. The zero-order valence-electron chi connectivity index (χ0n) is 15.9. The summed E-state index contributed by atoms with van der Waals surface area (Å²) in [6.07, 6.45) is 2.80.